The maximum Gasteiger partial charge on any atom is 0.0910 e. The fourth-order valence-electron chi connectivity index (χ4n) is 3.17. The first-order chi connectivity index (χ1) is 12.0. The van der Waals surface area contributed by atoms with E-state index in [0.29, 0.717) is 15.7 Å². The van der Waals surface area contributed by atoms with Gasteiger partial charge < -0.3 is 9.80 Å². The van der Waals surface area contributed by atoms with Gasteiger partial charge in [-0.25, -0.2) is 4.99 Å². The van der Waals surface area contributed by atoms with E-state index in [1.165, 1.54) is 23.2 Å². The highest BCUT2D eigenvalue weighted by molar-refractivity contribution is 6.37. The number of aliphatic imine (C=N–C) groups is 1. The summed E-state index contributed by atoms with van der Waals surface area (Å²) in [7, 11) is 4.01. The van der Waals surface area contributed by atoms with Gasteiger partial charge in [-0.15, -0.1) is 0 Å². The Hall–Kier alpha value is -1.71. The van der Waals surface area contributed by atoms with Gasteiger partial charge in [0, 0.05) is 26.3 Å². The maximum absolute atomic E-state index is 6.56. The van der Waals surface area contributed by atoms with Gasteiger partial charge >= 0.3 is 0 Å². The molecule has 2 aromatic rings. The second-order valence-electron chi connectivity index (χ2n) is 6.40. The summed E-state index contributed by atoms with van der Waals surface area (Å²) in [6.45, 7) is 2.95. The molecule has 0 saturated carbocycles. The number of hydrogen-bond donors (Lipinski definition) is 0. The van der Waals surface area contributed by atoms with Crippen molar-refractivity contribution in [2.75, 3.05) is 25.5 Å². The first-order valence-electron chi connectivity index (χ1n) is 8.59. The van der Waals surface area contributed by atoms with E-state index in [1.807, 2.05) is 31.1 Å². The number of rotatable bonds is 5. The summed E-state index contributed by atoms with van der Waals surface area (Å²) in [6.07, 6.45) is 5.26. The van der Waals surface area contributed by atoms with Crippen LogP contribution in [0.5, 0.6) is 0 Å². The lowest BCUT2D eigenvalue weighted by Gasteiger charge is -2.24. The molecule has 3 rings (SSSR count). The normalized spacial score (nSPS) is 13.3. The molecule has 0 spiro atoms. The zero-order valence-electron chi connectivity index (χ0n) is 14.9. The largest absolute Gasteiger partial charge is 0.366 e. The second-order valence-corrected chi connectivity index (χ2v) is 7.21. The number of aryl methyl sites for hydroxylation is 1. The molecule has 132 valence electrons. The van der Waals surface area contributed by atoms with E-state index >= 15 is 0 Å². The molecule has 0 radical (unpaired) electrons. The van der Waals surface area contributed by atoms with E-state index in [9.17, 15) is 0 Å². The van der Waals surface area contributed by atoms with Crippen LogP contribution in [0.25, 0.3) is 0 Å². The van der Waals surface area contributed by atoms with Crippen LogP contribution in [0.3, 0.4) is 0 Å². The molecule has 1 aliphatic rings. The van der Waals surface area contributed by atoms with Crippen LogP contribution in [0, 0.1) is 0 Å². The molecule has 0 heterocycles. The minimum absolute atomic E-state index is 0.597. The number of nitrogens with zero attached hydrogens (tertiary/aromatic N) is 3. The maximum atomic E-state index is 6.56. The molecule has 3 nitrogen and oxygen atoms in total. The van der Waals surface area contributed by atoms with E-state index in [2.05, 4.69) is 35.0 Å². The lowest BCUT2D eigenvalue weighted by molar-refractivity contribution is 0.552. The molecule has 0 aromatic heterocycles. The van der Waals surface area contributed by atoms with Crippen molar-refractivity contribution in [3.8, 4) is 0 Å². The molecular formula is C20H23Cl2N3. The summed E-state index contributed by atoms with van der Waals surface area (Å²) in [4.78, 5) is 8.55. The molecule has 0 fully saturated rings. The van der Waals surface area contributed by atoms with Crippen LogP contribution in [-0.4, -0.2) is 31.9 Å². The number of anilines is 2. The van der Waals surface area contributed by atoms with Crippen LogP contribution in [0.2, 0.25) is 10.0 Å². The van der Waals surface area contributed by atoms with Gasteiger partial charge in [0.2, 0.25) is 0 Å². The molecule has 0 unspecified atom stereocenters. The van der Waals surface area contributed by atoms with Gasteiger partial charge in [-0.2, -0.15) is 0 Å². The third-order valence-electron chi connectivity index (χ3n) is 4.75. The van der Waals surface area contributed by atoms with Crippen LogP contribution in [0.4, 0.5) is 17.1 Å². The van der Waals surface area contributed by atoms with Gasteiger partial charge in [-0.3, -0.25) is 0 Å². The van der Waals surface area contributed by atoms with E-state index in [0.717, 1.165) is 25.1 Å². The lowest BCUT2D eigenvalue weighted by atomic mass is 10.1. The van der Waals surface area contributed by atoms with Gasteiger partial charge in [0.05, 0.1) is 27.8 Å². The van der Waals surface area contributed by atoms with E-state index in [4.69, 9.17) is 23.2 Å². The molecule has 0 saturated heterocycles. The summed E-state index contributed by atoms with van der Waals surface area (Å²) in [6, 6.07) is 10.2. The van der Waals surface area contributed by atoms with Gasteiger partial charge in [0.25, 0.3) is 0 Å². The highest BCUT2D eigenvalue weighted by Crippen LogP contribution is 2.41. The molecule has 0 amide bonds. The average molecular weight is 376 g/mol. The van der Waals surface area contributed by atoms with Crippen LogP contribution in [0.15, 0.2) is 35.3 Å². The predicted molar refractivity (Wildman–Crippen MR) is 109 cm³/mol. The zero-order valence-corrected chi connectivity index (χ0v) is 16.4. The third kappa shape index (κ3) is 3.78. The molecule has 25 heavy (non-hydrogen) atoms. The van der Waals surface area contributed by atoms with Gasteiger partial charge in [-0.1, -0.05) is 35.3 Å². The van der Waals surface area contributed by atoms with Crippen molar-refractivity contribution in [1.82, 2.24) is 4.90 Å². The summed E-state index contributed by atoms with van der Waals surface area (Å²) in [5, 5.41) is 1.24. The number of hydrogen-bond acceptors (Lipinski definition) is 2. The third-order valence-corrected chi connectivity index (χ3v) is 5.36. The molecule has 0 atom stereocenters. The Morgan fingerprint density at radius 2 is 1.88 bits per heavy atom. The lowest BCUT2D eigenvalue weighted by Crippen LogP contribution is -2.14. The fraction of sp³-hybridized carbons (Fsp3) is 0.350. The minimum Gasteiger partial charge on any atom is -0.366 e. The smallest absolute Gasteiger partial charge is 0.0910 e. The fourth-order valence-corrected chi connectivity index (χ4v) is 3.66. The Bertz CT molecular complexity index is 802. The Labute approximate surface area is 159 Å². The summed E-state index contributed by atoms with van der Waals surface area (Å²) in [5.41, 5.74) is 5.64. The van der Waals surface area contributed by atoms with E-state index in [1.54, 1.807) is 6.34 Å². The van der Waals surface area contributed by atoms with Gasteiger partial charge in [0.1, 0.15) is 0 Å². The molecule has 0 bridgehead atoms. The predicted octanol–water partition coefficient (Wildman–Crippen LogP) is 5.86. The van der Waals surface area contributed by atoms with Crippen LogP contribution >= 0.6 is 23.2 Å². The summed E-state index contributed by atoms with van der Waals surface area (Å²) < 4.78 is 0. The highest BCUT2D eigenvalue weighted by Gasteiger charge is 2.19. The second kappa shape index (κ2) is 7.67. The quantitative estimate of drug-likeness (QED) is 0.481. The topological polar surface area (TPSA) is 18.8 Å². The Morgan fingerprint density at radius 3 is 2.64 bits per heavy atom. The zero-order chi connectivity index (χ0) is 18.0. The first-order valence-corrected chi connectivity index (χ1v) is 9.34. The van der Waals surface area contributed by atoms with E-state index in [-0.39, 0.29) is 0 Å². The molecule has 0 N–H and O–H groups in total. The molecule has 1 aliphatic carbocycles. The SMILES string of the molecule is CCN(C)/C=N\c1cc(Cl)c(N(C)c2cccc3c2CCC3)cc1Cl. The Morgan fingerprint density at radius 1 is 1.08 bits per heavy atom. The van der Waals surface area contributed by atoms with Gasteiger partial charge in [0.15, 0.2) is 0 Å². The van der Waals surface area contributed by atoms with Crippen LogP contribution < -0.4 is 4.90 Å². The first kappa shape index (κ1) is 18.1. The standard InChI is InChI=1S/C20H23Cl2N3/c1-4-24(2)13-23-18-11-17(22)20(12-16(18)21)25(3)19-10-6-8-14-7-5-9-15(14)19/h6,8,10-13H,4-5,7,9H2,1-3H3/b23-13-. The molecule has 2 aromatic carbocycles. The Balaban J connectivity index is 1.94. The minimum atomic E-state index is 0.597. The number of fused-ring (bicyclic) bond motifs is 1. The highest BCUT2D eigenvalue weighted by atomic mass is 35.5. The van der Waals surface area contributed by atoms with Crippen molar-refractivity contribution in [1.29, 1.82) is 0 Å². The van der Waals surface area contributed by atoms with E-state index < -0.39 is 0 Å². The van der Waals surface area contributed by atoms with Crippen molar-refractivity contribution in [3.05, 3.63) is 51.5 Å². The number of halogens is 2. The molecule has 5 heteroatoms. The van der Waals surface area contributed by atoms with Crippen molar-refractivity contribution >= 4 is 46.6 Å². The van der Waals surface area contributed by atoms with Crippen LogP contribution in [0.1, 0.15) is 24.5 Å². The molecule has 0 aliphatic heterocycles. The monoisotopic (exact) mass is 375 g/mol. The van der Waals surface area contributed by atoms with Crippen molar-refractivity contribution in [2.45, 2.75) is 26.2 Å². The number of benzene rings is 2. The van der Waals surface area contributed by atoms with Gasteiger partial charge in [-0.05, 0) is 55.5 Å². The van der Waals surface area contributed by atoms with Crippen molar-refractivity contribution in [2.24, 2.45) is 4.99 Å². The van der Waals surface area contributed by atoms with Crippen molar-refractivity contribution < 1.29 is 0 Å². The molecular weight excluding hydrogens is 353 g/mol. The average Bonchev–Trinajstić information content (AvgIpc) is 3.09. The summed E-state index contributed by atoms with van der Waals surface area (Å²) >= 11 is 13.0. The Kier molecular flexibility index (Phi) is 5.55. The van der Waals surface area contributed by atoms with Crippen molar-refractivity contribution in [3.63, 3.8) is 0 Å². The summed E-state index contributed by atoms with van der Waals surface area (Å²) in [5.74, 6) is 0. The van der Waals surface area contributed by atoms with Crippen LogP contribution in [-0.2, 0) is 12.8 Å².